The molecule has 0 aromatic heterocycles. The third kappa shape index (κ3) is 4.58. The van der Waals surface area contributed by atoms with Crippen LogP contribution < -0.4 is 0 Å². The number of amides is 1. The Bertz CT molecular complexity index is 634. The molecule has 0 heterocycles. The number of allylic oxidation sites excluding steroid dienone is 1. The van der Waals surface area contributed by atoms with Gasteiger partial charge >= 0.3 is 0 Å². The molecule has 0 bridgehead atoms. The summed E-state index contributed by atoms with van der Waals surface area (Å²) in [7, 11) is 0. The van der Waals surface area contributed by atoms with E-state index in [1.807, 2.05) is 41.3 Å². The molecule has 0 spiro atoms. The first kappa shape index (κ1) is 16.5. The minimum atomic E-state index is 0.199. The summed E-state index contributed by atoms with van der Waals surface area (Å²) in [5.41, 5.74) is 3.35. The molecule has 1 amide bonds. The summed E-state index contributed by atoms with van der Waals surface area (Å²) in [6, 6.07) is 20.5. The van der Waals surface area contributed by atoms with Gasteiger partial charge in [-0.05, 0) is 36.8 Å². The van der Waals surface area contributed by atoms with E-state index in [0.29, 0.717) is 13.1 Å². The Kier molecular flexibility index (Phi) is 5.84. The molecule has 0 aliphatic heterocycles. The van der Waals surface area contributed by atoms with Crippen molar-refractivity contribution >= 4 is 5.91 Å². The van der Waals surface area contributed by atoms with Crippen LogP contribution in [0.15, 0.2) is 72.3 Å². The normalized spacial score (nSPS) is 14.6. The molecule has 0 N–H and O–H groups in total. The number of carbonyl (C=O) groups excluding carboxylic acids is 1. The number of hydrogen-bond acceptors (Lipinski definition) is 1. The quantitative estimate of drug-likeness (QED) is 0.750. The van der Waals surface area contributed by atoms with Crippen LogP contribution in [-0.4, -0.2) is 10.8 Å². The van der Waals surface area contributed by atoms with Gasteiger partial charge in [-0.3, -0.25) is 4.79 Å². The zero-order valence-electron chi connectivity index (χ0n) is 14.2. The lowest BCUT2D eigenvalue weighted by Gasteiger charge is -2.24. The van der Waals surface area contributed by atoms with Gasteiger partial charge < -0.3 is 4.90 Å². The van der Waals surface area contributed by atoms with Gasteiger partial charge in [0, 0.05) is 18.7 Å². The highest BCUT2D eigenvalue weighted by molar-refractivity contribution is 5.93. The predicted molar refractivity (Wildman–Crippen MR) is 98.3 cm³/mol. The Labute approximate surface area is 144 Å². The SMILES string of the molecule is O=C(C1=CCCCCC1)N(Cc1ccccc1)Cc1ccccc1. The zero-order chi connectivity index (χ0) is 16.6. The first-order chi connectivity index (χ1) is 11.8. The molecule has 0 saturated carbocycles. The second kappa shape index (κ2) is 8.49. The molecule has 0 fully saturated rings. The summed E-state index contributed by atoms with van der Waals surface area (Å²) >= 11 is 0. The van der Waals surface area contributed by atoms with Crippen molar-refractivity contribution in [1.82, 2.24) is 4.90 Å². The Balaban J connectivity index is 1.80. The fraction of sp³-hybridized carbons (Fsp3) is 0.318. The van der Waals surface area contributed by atoms with Crippen LogP contribution in [0.5, 0.6) is 0 Å². The molecule has 0 atom stereocenters. The fourth-order valence-corrected chi connectivity index (χ4v) is 3.22. The van der Waals surface area contributed by atoms with Crippen LogP contribution in [0.1, 0.15) is 43.2 Å². The van der Waals surface area contributed by atoms with E-state index in [9.17, 15) is 4.79 Å². The van der Waals surface area contributed by atoms with Crippen molar-refractivity contribution in [3.05, 3.63) is 83.4 Å². The second-order valence-corrected chi connectivity index (χ2v) is 6.46. The van der Waals surface area contributed by atoms with Gasteiger partial charge in [-0.1, -0.05) is 73.2 Å². The number of nitrogens with zero attached hydrogens (tertiary/aromatic N) is 1. The van der Waals surface area contributed by atoms with Gasteiger partial charge in [-0.25, -0.2) is 0 Å². The zero-order valence-corrected chi connectivity index (χ0v) is 14.2. The molecular weight excluding hydrogens is 294 g/mol. The number of benzene rings is 2. The van der Waals surface area contributed by atoms with E-state index in [1.165, 1.54) is 24.0 Å². The van der Waals surface area contributed by atoms with Crippen molar-refractivity contribution in [3.8, 4) is 0 Å². The van der Waals surface area contributed by atoms with E-state index in [4.69, 9.17) is 0 Å². The highest BCUT2D eigenvalue weighted by atomic mass is 16.2. The summed E-state index contributed by atoms with van der Waals surface area (Å²) in [6.07, 6.45) is 7.67. The Morgan fingerprint density at radius 1 is 0.792 bits per heavy atom. The smallest absolute Gasteiger partial charge is 0.250 e. The molecule has 0 saturated heterocycles. The second-order valence-electron chi connectivity index (χ2n) is 6.46. The lowest BCUT2D eigenvalue weighted by atomic mass is 10.1. The molecule has 124 valence electrons. The van der Waals surface area contributed by atoms with Gasteiger partial charge in [0.1, 0.15) is 0 Å². The Morgan fingerprint density at radius 2 is 1.38 bits per heavy atom. The van der Waals surface area contributed by atoms with Crippen molar-refractivity contribution in [2.24, 2.45) is 0 Å². The highest BCUT2D eigenvalue weighted by Gasteiger charge is 2.19. The third-order valence-corrected chi connectivity index (χ3v) is 4.54. The van der Waals surface area contributed by atoms with Crippen molar-refractivity contribution in [1.29, 1.82) is 0 Å². The van der Waals surface area contributed by atoms with Gasteiger partial charge in [0.05, 0.1) is 0 Å². The summed E-state index contributed by atoms with van der Waals surface area (Å²) in [5, 5.41) is 0. The molecule has 2 aromatic carbocycles. The maximum atomic E-state index is 13.1. The molecule has 24 heavy (non-hydrogen) atoms. The average molecular weight is 319 g/mol. The van der Waals surface area contributed by atoms with Gasteiger partial charge in [0.25, 0.3) is 0 Å². The predicted octanol–water partition coefficient (Wildman–Crippen LogP) is 5.11. The van der Waals surface area contributed by atoms with Crippen molar-refractivity contribution < 1.29 is 4.79 Å². The van der Waals surface area contributed by atoms with E-state index in [-0.39, 0.29) is 5.91 Å². The number of hydrogen-bond donors (Lipinski definition) is 0. The number of rotatable bonds is 5. The fourth-order valence-electron chi connectivity index (χ4n) is 3.22. The minimum Gasteiger partial charge on any atom is -0.330 e. The van der Waals surface area contributed by atoms with E-state index >= 15 is 0 Å². The first-order valence-electron chi connectivity index (χ1n) is 8.89. The van der Waals surface area contributed by atoms with Crippen LogP contribution >= 0.6 is 0 Å². The van der Waals surface area contributed by atoms with Crippen LogP contribution in [0.4, 0.5) is 0 Å². The van der Waals surface area contributed by atoms with Crippen LogP contribution in [0.3, 0.4) is 0 Å². The van der Waals surface area contributed by atoms with Gasteiger partial charge in [0.15, 0.2) is 0 Å². The molecule has 3 rings (SSSR count). The summed E-state index contributed by atoms with van der Waals surface area (Å²) in [6.45, 7) is 1.32. The monoisotopic (exact) mass is 319 g/mol. The molecule has 2 nitrogen and oxygen atoms in total. The van der Waals surface area contributed by atoms with Crippen molar-refractivity contribution in [2.45, 2.75) is 45.2 Å². The topological polar surface area (TPSA) is 20.3 Å². The first-order valence-corrected chi connectivity index (χ1v) is 8.89. The molecule has 0 radical (unpaired) electrons. The lowest BCUT2D eigenvalue weighted by molar-refractivity contribution is -0.128. The van der Waals surface area contributed by atoms with E-state index in [0.717, 1.165) is 24.8 Å². The highest BCUT2D eigenvalue weighted by Crippen LogP contribution is 2.21. The molecule has 2 heteroatoms. The van der Waals surface area contributed by atoms with Crippen LogP contribution in [0.2, 0.25) is 0 Å². The molecule has 2 aromatic rings. The average Bonchev–Trinajstić information content (AvgIpc) is 2.92. The van der Waals surface area contributed by atoms with E-state index in [1.54, 1.807) is 0 Å². The maximum absolute atomic E-state index is 13.1. The van der Waals surface area contributed by atoms with E-state index in [2.05, 4.69) is 30.3 Å². The Morgan fingerprint density at radius 3 is 1.96 bits per heavy atom. The van der Waals surface area contributed by atoms with Gasteiger partial charge in [-0.2, -0.15) is 0 Å². The van der Waals surface area contributed by atoms with Crippen LogP contribution in [0.25, 0.3) is 0 Å². The van der Waals surface area contributed by atoms with Gasteiger partial charge in [-0.15, -0.1) is 0 Å². The van der Waals surface area contributed by atoms with Crippen molar-refractivity contribution in [3.63, 3.8) is 0 Å². The standard InChI is InChI=1S/C22H25NO/c24-22(21-15-9-1-2-10-16-21)23(17-19-11-5-3-6-12-19)18-20-13-7-4-8-14-20/h3-8,11-15H,1-2,9-10,16-18H2. The van der Waals surface area contributed by atoms with E-state index < -0.39 is 0 Å². The van der Waals surface area contributed by atoms with Crippen LogP contribution in [-0.2, 0) is 17.9 Å². The van der Waals surface area contributed by atoms with Gasteiger partial charge in [0.2, 0.25) is 5.91 Å². The third-order valence-electron chi connectivity index (χ3n) is 4.54. The number of carbonyl (C=O) groups is 1. The minimum absolute atomic E-state index is 0.199. The lowest BCUT2D eigenvalue weighted by Crippen LogP contribution is -2.31. The van der Waals surface area contributed by atoms with Crippen molar-refractivity contribution in [2.75, 3.05) is 0 Å². The Hall–Kier alpha value is -2.35. The maximum Gasteiger partial charge on any atom is 0.250 e. The molecular formula is C22H25NO. The summed E-state index contributed by atoms with van der Waals surface area (Å²) < 4.78 is 0. The largest absolute Gasteiger partial charge is 0.330 e. The summed E-state index contributed by atoms with van der Waals surface area (Å²) in [5.74, 6) is 0.199. The molecule has 1 aliphatic carbocycles. The van der Waals surface area contributed by atoms with Crippen LogP contribution in [0, 0.1) is 0 Å². The molecule has 0 unspecified atom stereocenters. The summed E-state index contributed by atoms with van der Waals surface area (Å²) in [4.78, 5) is 15.1. The molecule has 1 aliphatic rings.